The van der Waals surface area contributed by atoms with Crippen molar-refractivity contribution < 1.29 is 4.74 Å². The molecule has 3 nitrogen and oxygen atoms in total. The fourth-order valence-corrected chi connectivity index (χ4v) is 5.59. The molecule has 1 atom stereocenters. The fraction of sp³-hybridized carbons (Fsp3) is 0.379. The van der Waals surface area contributed by atoms with Crippen LogP contribution in [0.15, 0.2) is 71.6 Å². The summed E-state index contributed by atoms with van der Waals surface area (Å²) in [7, 11) is 2.21. The molecule has 172 valence electrons. The number of fused-ring (bicyclic) bond motifs is 1. The quantitative estimate of drug-likeness (QED) is 0.379. The minimum atomic E-state index is 0.401. The van der Waals surface area contributed by atoms with Crippen molar-refractivity contribution in [2.24, 2.45) is 0 Å². The summed E-state index contributed by atoms with van der Waals surface area (Å²) < 4.78 is 6.26. The van der Waals surface area contributed by atoms with Crippen LogP contribution >= 0.6 is 11.8 Å². The smallest absolute Gasteiger partial charge is 0.127 e. The molecule has 0 aromatic heterocycles. The third kappa shape index (κ3) is 5.46. The molecule has 33 heavy (non-hydrogen) atoms. The summed E-state index contributed by atoms with van der Waals surface area (Å²) in [6.45, 7) is 5.50. The predicted octanol–water partition coefficient (Wildman–Crippen LogP) is 6.76. The minimum absolute atomic E-state index is 0.401. The Labute approximate surface area is 202 Å². The van der Waals surface area contributed by atoms with Gasteiger partial charge >= 0.3 is 0 Å². The largest absolute Gasteiger partial charge is 0.457 e. The van der Waals surface area contributed by atoms with Crippen molar-refractivity contribution in [3.8, 4) is 11.5 Å². The van der Waals surface area contributed by atoms with Gasteiger partial charge in [-0.2, -0.15) is 0 Å². The summed E-state index contributed by atoms with van der Waals surface area (Å²) in [6.07, 6.45) is 6.17. The van der Waals surface area contributed by atoms with Crippen LogP contribution in [-0.2, 0) is 13.1 Å². The highest BCUT2D eigenvalue weighted by Gasteiger charge is 2.25. The Hall–Kier alpha value is -2.27. The number of benzene rings is 3. The normalized spacial score (nSPS) is 19.3. The molecule has 2 heterocycles. The first-order chi connectivity index (χ1) is 16.2. The molecular weight excluding hydrogens is 424 g/mol. The number of nitrogens with zero attached hydrogens (tertiary/aromatic N) is 2. The number of ether oxygens (including phenoxy) is 1. The van der Waals surface area contributed by atoms with Gasteiger partial charge in [0.15, 0.2) is 0 Å². The number of likely N-dealkylation sites (N-methyl/N-ethyl adjacent to an activating group) is 1. The minimum Gasteiger partial charge on any atom is -0.457 e. The number of hydrogen-bond donors (Lipinski definition) is 0. The second-order valence-electron chi connectivity index (χ2n) is 9.47. The van der Waals surface area contributed by atoms with Gasteiger partial charge in [0.2, 0.25) is 0 Å². The highest BCUT2D eigenvalue weighted by Crippen LogP contribution is 2.36. The molecule has 0 saturated carbocycles. The van der Waals surface area contributed by atoms with Gasteiger partial charge in [-0.1, -0.05) is 36.8 Å². The van der Waals surface area contributed by atoms with Crippen molar-refractivity contribution in [2.45, 2.75) is 43.2 Å². The Morgan fingerprint density at radius 2 is 1.61 bits per heavy atom. The lowest BCUT2D eigenvalue weighted by atomic mass is 9.85. The molecular formula is C29H34N2OS. The molecule has 0 amide bonds. The summed E-state index contributed by atoms with van der Waals surface area (Å²) >= 11 is 1.79. The zero-order valence-corrected chi connectivity index (χ0v) is 20.6. The zero-order valence-electron chi connectivity index (χ0n) is 19.8. The number of hydrogen-bond acceptors (Lipinski definition) is 4. The van der Waals surface area contributed by atoms with Gasteiger partial charge < -0.3 is 9.64 Å². The van der Waals surface area contributed by atoms with Gasteiger partial charge in [-0.25, -0.2) is 0 Å². The van der Waals surface area contributed by atoms with Gasteiger partial charge in [-0.3, -0.25) is 4.90 Å². The average Bonchev–Trinajstić information content (AvgIpc) is 2.85. The third-order valence-corrected chi connectivity index (χ3v) is 7.70. The van der Waals surface area contributed by atoms with Crippen LogP contribution in [0.2, 0.25) is 0 Å². The maximum atomic E-state index is 6.26. The number of rotatable bonds is 6. The summed E-state index contributed by atoms with van der Waals surface area (Å²) in [4.78, 5) is 6.29. The second kappa shape index (κ2) is 10.3. The van der Waals surface area contributed by atoms with Gasteiger partial charge in [-0.15, -0.1) is 11.8 Å². The van der Waals surface area contributed by atoms with Crippen LogP contribution in [0.5, 0.6) is 11.5 Å². The molecule has 3 aromatic rings. The van der Waals surface area contributed by atoms with E-state index in [1.54, 1.807) is 11.8 Å². The van der Waals surface area contributed by atoms with Crippen molar-refractivity contribution in [3.63, 3.8) is 0 Å². The van der Waals surface area contributed by atoms with E-state index in [-0.39, 0.29) is 0 Å². The maximum absolute atomic E-state index is 6.26. The maximum Gasteiger partial charge on any atom is 0.127 e. The lowest BCUT2D eigenvalue weighted by Crippen LogP contribution is -2.30. The summed E-state index contributed by atoms with van der Waals surface area (Å²) in [5.41, 5.74) is 5.54. The number of piperidine rings is 1. The first-order valence-electron chi connectivity index (χ1n) is 12.1. The lowest BCUT2D eigenvalue weighted by molar-refractivity contribution is 0.221. The van der Waals surface area contributed by atoms with Crippen LogP contribution in [-0.4, -0.2) is 42.7 Å². The molecule has 1 saturated heterocycles. The lowest BCUT2D eigenvalue weighted by Gasteiger charge is -2.33. The number of likely N-dealkylation sites (tertiary alicyclic amines) is 1. The first kappa shape index (κ1) is 22.5. The zero-order chi connectivity index (χ0) is 22.6. The van der Waals surface area contributed by atoms with E-state index in [0.29, 0.717) is 5.92 Å². The predicted molar refractivity (Wildman–Crippen MR) is 138 cm³/mol. The van der Waals surface area contributed by atoms with Gasteiger partial charge in [0.05, 0.1) is 0 Å². The molecule has 0 bridgehead atoms. The molecule has 0 N–H and O–H groups in total. The van der Waals surface area contributed by atoms with E-state index in [9.17, 15) is 0 Å². The molecule has 3 aromatic carbocycles. The van der Waals surface area contributed by atoms with Crippen LogP contribution in [0.3, 0.4) is 0 Å². The summed E-state index contributed by atoms with van der Waals surface area (Å²) in [6, 6.07) is 24.3. The van der Waals surface area contributed by atoms with Crippen LogP contribution in [0, 0.1) is 0 Å². The molecule has 1 unspecified atom stereocenters. The van der Waals surface area contributed by atoms with Crippen molar-refractivity contribution in [1.82, 2.24) is 9.80 Å². The highest BCUT2D eigenvalue weighted by molar-refractivity contribution is 7.98. The third-order valence-electron chi connectivity index (χ3n) is 6.96. The van der Waals surface area contributed by atoms with E-state index in [1.807, 2.05) is 0 Å². The van der Waals surface area contributed by atoms with Crippen LogP contribution in [0.4, 0.5) is 0 Å². The first-order valence-corrected chi connectivity index (χ1v) is 13.3. The van der Waals surface area contributed by atoms with Crippen LogP contribution in [0.1, 0.15) is 47.4 Å². The Bertz CT molecular complexity index is 1060. The van der Waals surface area contributed by atoms with Crippen molar-refractivity contribution in [2.75, 3.05) is 32.9 Å². The van der Waals surface area contributed by atoms with Crippen molar-refractivity contribution >= 4 is 11.8 Å². The Kier molecular flexibility index (Phi) is 7.05. The summed E-state index contributed by atoms with van der Waals surface area (Å²) in [5.74, 6) is 2.23. The van der Waals surface area contributed by atoms with Gasteiger partial charge in [0.25, 0.3) is 0 Å². The molecule has 0 spiro atoms. The Morgan fingerprint density at radius 1 is 0.879 bits per heavy atom. The fourth-order valence-electron chi connectivity index (χ4n) is 5.18. The van der Waals surface area contributed by atoms with Gasteiger partial charge in [0, 0.05) is 30.4 Å². The van der Waals surface area contributed by atoms with E-state index < -0.39 is 0 Å². The molecule has 0 radical (unpaired) electrons. The Morgan fingerprint density at radius 3 is 2.33 bits per heavy atom. The van der Waals surface area contributed by atoms with Crippen LogP contribution in [0.25, 0.3) is 0 Å². The van der Waals surface area contributed by atoms with E-state index in [1.165, 1.54) is 59.5 Å². The molecule has 0 aliphatic carbocycles. The standard InChI is InChI=1S/C29H34N2OS/c1-30-20-24-18-26(12-15-28(24)29(21-30)23-8-13-27(33-2)14-9-23)32-25-10-6-22(7-11-25)19-31-16-4-3-5-17-31/h6-15,18,29H,3-5,16-17,19-21H2,1-2H3. The molecule has 4 heteroatoms. The molecule has 2 aliphatic heterocycles. The monoisotopic (exact) mass is 458 g/mol. The topological polar surface area (TPSA) is 15.7 Å². The molecule has 1 fully saturated rings. The second-order valence-corrected chi connectivity index (χ2v) is 10.3. The Balaban J connectivity index is 1.30. The van der Waals surface area contributed by atoms with E-state index in [0.717, 1.165) is 31.1 Å². The van der Waals surface area contributed by atoms with E-state index in [4.69, 9.17) is 4.74 Å². The number of thioether (sulfide) groups is 1. The molecule has 5 rings (SSSR count). The van der Waals surface area contributed by atoms with Crippen LogP contribution < -0.4 is 4.74 Å². The van der Waals surface area contributed by atoms with Crippen molar-refractivity contribution in [3.05, 3.63) is 89.0 Å². The molecule has 2 aliphatic rings. The van der Waals surface area contributed by atoms with E-state index in [2.05, 4.69) is 89.8 Å². The SMILES string of the molecule is CSc1ccc(C2CN(C)Cc3cc(Oc4ccc(CN5CCCCC5)cc4)ccc32)cc1. The summed E-state index contributed by atoms with van der Waals surface area (Å²) in [5, 5.41) is 0. The van der Waals surface area contributed by atoms with E-state index >= 15 is 0 Å². The highest BCUT2D eigenvalue weighted by atomic mass is 32.2. The van der Waals surface area contributed by atoms with Gasteiger partial charge in [-0.05, 0) is 97.9 Å². The average molecular weight is 459 g/mol. The van der Waals surface area contributed by atoms with Gasteiger partial charge in [0.1, 0.15) is 11.5 Å². The van der Waals surface area contributed by atoms with Crippen molar-refractivity contribution in [1.29, 1.82) is 0 Å².